The van der Waals surface area contributed by atoms with Crippen LogP contribution >= 0.6 is 23.1 Å². The van der Waals surface area contributed by atoms with Crippen molar-refractivity contribution in [2.75, 3.05) is 16.0 Å². The molecule has 170 valence electrons. The smallest absolute Gasteiger partial charge is 0.237 e. The number of carbonyl (C=O) groups excluding carboxylic acids is 3. The Morgan fingerprint density at radius 2 is 1.82 bits per heavy atom. The number of nitrogens with zero attached hydrogens (tertiary/aromatic N) is 2. The molecule has 5 rings (SSSR count). The minimum atomic E-state index is -0.162. The van der Waals surface area contributed by atoms with E-state index in [1.165, 1.54) is 28.0 Å². The van der Waals surface area contributed by atoms with Gasteiger partial charge in [-0.2, -0.15) is 0 Å². The molecule has 1 saturated carbocycles. The minimum absolute atomic E-state index is 0.0637. The molecule has 6 nitrogen and oxygen atoms in total. The Kier molecular flexibility index (Phi) is 5.97. The van der Waals surface area contributed by atoms with Gasteiger partial charge in [-0.15, -0.1) is 11.3 Å². The number of imide groups is 1. The van der Waals surface area contributed by atoms with E-state index in [0.717, 1.165) is 57.1 Å². The van der Waals surface area contributed by atoms with Gasteiger partial charge >= 0.3 is 0 Å². The van der Waals surface area contributed by atoms with Crippen LogP contribution in [-0.2, 0) is 14.4 Å². The molecule has 1 N–H and O–H groups in total. The second-order valence-electron chi connectivity index (χ2n) is 8.80. The number of thioether (sulfide) groups is 1. The monoisotopic (exact) mass is 479 g/mol. The molecule has 8 heteroatoms. The first-order valence-electron chi connectivity index (χ1n) is 11.2. The van der Waals surface area contributed by atoms with E-state index < -0.39 is 0 Å². The van der Waals surface area contributed by atoms with Crippen LogP contribution in [-0.4, -0.2) is 28.5 Å². The number of carbonyl (C=O) groups is 3. The summed E-state index contributed by atoms with van der Waals surface area (Å²) in [5, 5.41) is 2.96. The molecule has 0 unspecified atom stereocenters. The Hall–Kier alpha value is -2.71. The van der Waals surface area contributed by atoms with Crippen molar-refractivity contribution < 1.29 is 14.4 Å². The van der Waals surface area contributed by atoms with Gasteiger partial charge in [-0.1, -0.05) is 42.3 Å². The van der Waals surface area contributed by atoms with E-state index in [1.807, 2.05) is 44.2 Å². The molecule has 33 heavy (non-hydrogen) atoms. The molecule has 2 atom stereocenters. The fourth-order valence-electron chi connectivity index (χ4n) is 4.78. The molecule has 0 radical (unpaired) electrons. The second kappa shape index (κ2) is 8.91. The highest BCUT2D eigenvalue weighted by Gasteiger charge is 2.48. The Morgan fingerprint density at radius 3 is 2.52 bits per heavy atom. The number of fused-ring (bicyclic) bond motifs is 2. The Balaban J connectivity index is 1.28. The predicted octanol–water partition coefficient (Wildman–Crippen LogP) is 5.32. The highest BCUT2D eigenvalue weighted by molar-refractivity contribution is 8.01. The van der Waals surface area contributed by atoms with Crippen LogP contribution in [0.2, 0.25) is 0 Å². The summed E-state index contributed by atoms with van der Waals surface area (Å²) in [6.07, 6.45) is 3.64. The summed E-state index contributed by atoms with van der Waals surface area (Å²) < 4.78 is 1.69. The number of hydrogen-bond donors (Lipinski definition) is 1. The maximum Gasteiger partial charge on any atom is 0.237 e. The molecule has 2 aromatic carbocycles. The van der Waals surface area contributed by atoms with E-state index in [0.29, 0.717) is 5.69 Å². The first-order chi connectivity index (χ1) is 15.9. The van der Waals surface area contributed by atoms with E-state index in [2.05, 4.69) is 10.3 Å². The normalized spacial score (nSPS) is 20.4. The molecule has 1 aliphatic carbocycles. The number of thiazole rings is 1. The summed E-state index contributed by atoms with van der Waals surface area (Å²) in [5.41, 5.74) is 4.44. The zero-order chi connectivity index (χ0) is 23.1. The highest BCUT2D eigenvalue weighted by Crippen LogP contribution is 2.41. The first-order valence-corrected chi connectivity index (χ1v) is 13.0. The van der Waals surface area contributed by atoms with Gasteiger partial charge in [0.15, 0.2) is 4.34 Å². The number of aryl methyl sites for hydroxylation is 2. The fourth-order valence-corrected chi connectivity index (χ4v) is 6.68. The lowest BCUT2D eigenvalue weighted by Crippen LogP contribution is -2.30. The maximum atomic E-state index is 12.9. The van der Waals surface area contributed by atoms with Crippen LogP contribution in [0.4, 0.5) is 11.4 Å². The summed E-state index contributed by atoms with van der Waals surface area (Å²) in [7, 11) is 0. The van der Waals surface area contributed by atoms with Crippen molar-refractivity contribution >= 4 is 62.4 Å². The number of hydrogen-bond acceptors (Lipinski definition) is 6. The van der Waals surface area contributed by atoms with Crippen molar-refractivity contribution in [3.05, 3.63) is 47.5 Å². The van der Waals surface area contributed by atoms with Crippen molar-refractivity contribution in [3.63, 3.8) is 0 Å². The third kappa shape index (κ3) is 4.29. The summed E-state index contributed by atoms with van der Waals surface area (Å²) in [6, 6.07) is 11.5. The van der Waals surface area contributed by atoms with Crippen LogP contribution in [0.1, 0.15) is 36.8 Å². The van der Waals surface area contributed by atoms with Gasteiger partial charge in [-0.25, -0.2) is 4.98 Å². The summed E-state index contributed by atoms with van der Waals surface area (Å²) in [4.78, 5) is 44.2. The third-order valence-corrected chi connectivity index (χ3v) is 8.60. The van der Waals surface area contributed by atoms with Crippen molar-refractivity contribution in [2.45, 2.75) is 43.9 Å². The number of aromatic nitrogens is 1. The molecular formula is C25H25N3O3S2. The molecule has 2 fully saturated rings. The predicted molar refractivity (Wildman–Crippen MR) is 133 cm³/mol. The fraction of sp³-hybridized carbons (Fsp3) is 0.360. The Bertz CT molecular complexity index is 1250. The summed E-state index contributed by atoms with van der Waals surface area (Å²) >= 11 is 2.86. The van der Waals surface area contributed by atoms with Gasteiger partial charge < -0.3 is 5.32 Å². The quantitative estimate of drug-likeness (QED) is 0.396. The van der Waals surface area contributed by atoms with Crippen LogP contribution in [0, 0.1) is 25.7 Å². The minimum Gasteiger partial charge on any atom is -0.325 e. The Labute approximate surface area is 200 Å². The average molecular weight is 480 g/mol. The maximum absolute atomic E-state index is 12.9. The molecule has 0 bridgehead atoms. The molecule has 2 aliphatic rings. The molecule has 1 aliphatic heterocycles. The lowest BCUT2D eigenvalue weighted by Gasteiger charge is -2.19. The first kappa shape index (κ1) is 22.1. The molecule has 0 spiro atoms. The largest absolute Gasteiger partial charge is 0.325 e. The van der Waals surface area contributed by atoms with E-state index in [9.17, 15) is 14.4 Å². The van der Waals surface area contributed by atoms with Gasteiger partial charge in [0.1, 0.15) is 0 Å². The van der Waals surface area contributed by atoms with Crippen LogP contribution in [0.5, 0.6) is 0 Å². The van der Waals surface area contributed by atoms with Gasteiger partial charge in [0, 0.05) is 5.69 Å². The van der Waals surface area contributed by atoms with Crippen LogP contribution < -0.4 is 10.2 Å². The Morgan fingerprint density at radius 1 is 1.09 bits per heavy atom. The lowest BCUT2D eigenvalue weighted by molar-refractivity contribution is -0.122. The van der Waals surface area contributed by atoms with Gasteiger partial charge in [-0.3, -0.25) is 19.3 Å². The second-order valence-corrected chi connectivity index (χ2v) is 11.0. The topological polar surface area (TPSA) is 79.4 Å². The van der Waals surface area contributed by atoms with Crippen molar-refractivity contribution in [2.24, 2.45) is 11.8 Å². The number of benzene rings is 2. The lowest BCUT2D eigenvalue weighted by atomic mass is 9.81. The molecule has 3 amide bonds. The highest BCUT2D eigenvalue weighted by atomic mass is 32.2. The summed E-state index contributed by atoms with van der Waals surface area (Å²) in [6.45, 7) is 4.00. The standard InChI is InChI=1S/C25H25N3O3S2/c1-14-7-9-19(15(2)11-14)26-22(29)13-32-25-27-20-10-8-16(12-21(20)33-25)28-23(30)17-5-3-4-6-18(17)24(28)31/h7-12,17-18H,3-6,13H2,1-2H3,(H,26,29)/t17-,18-/m1/s1. The number of amides is 3. The molecule has 1 saturated heterocycles. The third-order valence-electron chi connectivity index (χ3n) is 6.43. The molecule has 2 heterocycles. The number of nitrogens with one attached hydrogen (secondary N) is 1. The number of anilines is 2. The van der Waals surface area contributed by atoms with E-state index >= 15 is 0 Å². The summed E-state index contributed by atoms with van der Waals surface area (Å²) in [5.74, 6) is -0.275. The van der Waals surface area contributed by atoms with Crippen molar-refractivity contribution in [1.82, 2.24) is 4.98 Å². The molecule has 1 aromatic heterocycles. The van der Waals surface area contributed by atoms with Crippen LogP contribution in [0.3, 0.4) is 0 Å². The van der Waals surface area contributed by atoms with Gasteiger partial charge in [0.05, 0.1) is 33.5 Å². The van der Waals surface area contributed by atoms with Gasteiger partial charge in [0.25, 0.3) is 0 Å². The SMILES string of the molecule is Cc1ccc(NC(=O)CSc2nc3ccc(N4C(=O)[C@@H]5CCCC[C@H]5C4=O)cc3s2)c(C)c1. The van der Waals surface area contributed by atoms with Gasteiger partial charge in [0.2, 0.25) is 17.7 Å². The van der Waals surface area contributed by atoms with E-state index in [4.69, 9.17) is 0 Å². The van der Waals surface area contributed by atoms with Crippen LogP contribution in [0.15, 0.2) is 40.7 Å². The van der Waals surface area contributed by atoms with Crippen molar-refractivity contribution in [1.29, 1.82) is 0 Å². The molecule has 3 aromatic rings. The van der Waals surface area contributed by atoms with Gasteiger partial charge in [-0.05, 0) is 56.5 Å². The van der Waals surface area contributed by atoms with Crippen molar-refractivity contribution in [3.8, 4) is 0 Å². The molecular weight excluding hydrogens is 454 g/mol. The average Bonchev–Trinajstić information content (AvgIpc) is 3.32. The number of rotatable bonds is 5. The van der Waals surface area contributed by atoms with E-state index in [1.54, 1.807) is 6.07 Å². The zero-order valence-corrected chi connectivity index (χ0v) is 20.2. The van der Waals surface area contributed by atoms with Crippen LogP contribution in [0.25, 0.3) is 10.2 Å². The zero-order valence-electron chi connectivity index (χ0n) is 18.6. The van der Waals surface area contributed by atoms with E-state index in [-0.39, 0.29) is 35.3 Å².